The lowest BCUT2D eigenvalue weighted by molar-refractivity contribution is 0.577. The van der Waals surface area contributed by atoms with Gasteiger partial charge in [-0.05, 0) is 46.6 Å². The number of hydrogen-bond acceptors (Lipinski definition) is 2. The van der Waals surface area contributed by atoms with Gasteiger partial charge in [-0.25, -0.2) is 0 Å². The van der Waals surface area contributed by atoms with Crippen LogP contribution in [0.25, 0.3) is 6.08 Å². The summed E-state index contributed by atoms with van der Waals surface area (Å²) in [6, 6.07) is 3.98. The fourth-order valence-corrected chi connectivity index (χ4v) is 1.36. The molecule has 0 aliphatic carbocycles. The second-order valence-corrected chi connectivity index (χ2v) is 4.77. The van der Waals surface area contributed by atoms with E-state index >= 15 is 0 Å². The number of halogens is 1. The van der Waals surface area contributed by atoms with E-state index in [0.717, 1.165) is 23.3 Å². The summed E-state index contributed by atoms with van der Waals surface area (Å²) < 4.78 is 1.01. The van der Waals surface area contributed by atoms with E-state index in [1.54, 1.807) is 6.20 Å². The molecule has 0 radical (unpaired) electrons. The molecule has 1 rings (SSSR count). The molecule has 1 aromatic rings. The van der Waals surface area contributed by atoms with E-state index in [4.69, 9.17) is 0 Å². The Morgan fingerprint density at radius 2 is 2.27 bits per heavy atom. The maximum Gasteiger partial charge on any atom is 0.0627 e. The molecule has 0 unspecified atom stereocenters. The Morgan fingerprint density at radius 1 is 1.47 bits per heavy atom. The minimum atomic E-state index is 0.698. The summed E-state index contributed by atoms with van der Waals surface area (Å²) >= 11 is 3.36. The molecule has 0 saturated carbocycles. The number of nitrogens with one attached hydrogen (secondary N) is 1. The second-order valence-electron chi connectivity index (χ2n) is 3.86. The maximum absolute atomic E-state index is 4.25. The topological polar surface area (TPSA) is 24.9 Å². The highest BCUT2D eigenvalue weighted by Crippen LogP contribution is 2.07. The van der Waals surface area contributed by atoms with Crippen molar-refractivity contribution < 1.29 is 0 Å². The monoisotopic (exact) mass is 268 g/mol. The van der Waals surface area contributed by atoms with Crippen LogP contribution in [0.3, 0.4) is 0 Å². The zero-order chi connectivity index (χ0) is 11.1. The molecule has 1 aromatic heterocycles. The van der Waals surface area contributed by atoms with Crippen molar-refractivity contribution in [2.75, 3.05) is 13.1 Å². The largest absolute Gasteiger partial charge is 0.313 e. The van der Waals surface area contributed by atoms with E-state index in [2.05, 4.69) is 46.2 Å². The highest BCUT2D eigenvalue weighted by atomic mass is 79.9. The van der Waals surface area contributed by atoms with Gasteiger partial charge in [0.15, 0.2) is 0 Å². The van der Waals surface area contributed by atoms with Crippen LogP contribution in [-0.4, -0.2) is 18.1 Å². The van der Waals surface area contributed by atoms with Gasteiger partial charge >= 0.3 is 0 Å². The SMILES string of the molecule is CC(C)CNC/C=C/c1ccc(Br)cn1. The number of nitrogens with zero attached hydrogens (tertiary/aromatic N) is 1. The average molecular weight is 269 g/mol. The first-order chi connectivity index (χ1) is 7.18. The minimum absolute atomic E-state index is 0.698. The van der Waals surface area contributed by atoms with Crippen LogP contribution in [0.1, 0.15) is 19.5 Å². The molecule has 3 heteroatoms. The summed E-state index contributed by atoms with van der Waals surface area (Å²) in [5.74, 6) is 0.698. The van der Waals surface area contributed by atoms with Crippen molar-refractivity contribution in [1.82, 2.24) is 10.3 Å². The standard InChI is InChI=1S/C12H17BrN2/c1-10(2)8-14-7-3-4-12-6-5-11(13)9-15-12/h3-6,9-10,14H,7-8H2,1-2H3/b4-3+. The molecule has 82 valence electrons. The van der Waals surface area contributed by atoms with Gasteiger partial charge in [-0.2, -0.15) is 0 Å². The third-order valence-electron chi connectivity index (χ3n) is 1.85. The average Bonchev–Trinajstić information content (AvgIpc) is 2.20. The van der Waals surface area contributed by atoms with Crippen molar-refractivity contribution in [2.45, 2.75) is 13.8 Å². The van der Waals surface area contributed by atoms with Crippen molar-refractivity contribution in [2.24, 2.45) is 5.92 Å². The second kappa shape index (κ2) is 6.75. The van der Waals surface area contributed by atoms with Gasteiger partial charge in [-0.1, -0.05) is 19.9 Å². The third-order valence-corrected chi connectivity index (χ3v) is 2.32. The van der Waals surface area contributed by atoms with E-state index in [9.17, 15) is 0 Å². The Kier molecular flexibility index (Phi) is 5.58. The van der Waals surface area contributed by atoms with E-state index in [1.165, 1.54) is 0 Å². The van der Waals surface area contributed by atoms with Crippen LogP contribution in [0.2, 0.25) is 0 Å². The van der Waals surface area contributed by atoms with Crippen LogP contribution >= 0.6 is 15.9 Å². The molecule has 0 aliphatic heterocycles. The lowest BCUT2D eigenvalue weighted by Crippen LogP contribution is -2.19. The number of hydrogen-bond donors (Lipinski definition) is 1. The molecule has 15 heavy (non-hydrogen) atoms. The fraction of sp³-hybridized carbons (Fsp3) is 0.417. The summed E-state index contributed by atoms with van der Waals surface area (Å²) in [5, 5.41) is 3.34. The lowest BCUT2D eigenvalue weighted by Gasteiger charge is -2.03. The van der Waals surface area contributed by atoms with Crippen LogP contribution in [0, 0.1) is 5.92 Å². The molecule has 0 spiro atoms. The van der Waals surface area contributed by atoms with E-state index < -0.39 is 0 Å². The van der Waals surface area contributed by atoms with Gasteiger partial charge in [0, 0.05) is 17.2 Å². The van der Waals surface area contributed by atoms with Gasteiger partial charge in [-0.15, -0.1) is 0 Å². The number of pyridine rings is 1. The molecular weight excluding hydrogens is 252 g/mol. The van der Waals surface area contributed by atoms with Crippen molar-refractivity contribution >= 4 is 22.0 Å². The molecular formula is C12H17BrN2. The Hall–Kier alpha value is -0.670. The quantitative estimate of drug-likeness (QED) is 0.831. The lowest BCUT2D eigenvalue weighted by atomic mass is 10.2. The van der Waals surface area contributed by atoms with Crippen LogP contribution in [-0.2, 0) is 0 Å². The highest BCUT2D eigenvalue weighted by Gasteiger charge is 1.90. The zero-order valence-electron chi connectivity index (χ0n) is 9.20. The molecule has 0 saturated heterocycles. The Bertz CT molecular complexity index is 304. The van der Waals surface area contributed by atoms with Crippen molar-refractivity contribution in [3.63, 3.8) is 0 Å². The molecule has 0 atom stereocenters. The molecule has 0 amide bonds. The number of aromatic nitrogens is 1. The van der Waals surface area contributed by atoms with Crippen LogP contribution in [0.15, 0.2) is 28.9 Å². The molecule has 0 aromatic carbocycles. The first-order valence-electron chi connectivity index (χ1n) is 5.17. The van der Waals surface area contributed by atoms with Gasteiger partial charge in [0.25, 0.3) is 0 Å². The highest BCUT2D eigenvalue weighted by molar-refractivity contribution is 9.10. The van der Waals surface area contributed by atoms with E-state index in [-0.39, 0.29) is 0 Å². The smallest absolute Gasteiger partial charge is 0.0627 e. The Morgan fingerprint density at radius 3 is 2.87 bits per heavy atom. The third kappa shape index (κ3) is 5.70. The van der Waals surface area contributed by atoms with Gasteiger partial charge < -0.3 is 5.32 Å². The van der Waals surface area contributed by atoms with E-state index in [1.807, 2.05) is 18.2 Å². The molecule has 0 aliphatic rings. The fourth-order valence-electron chi connectivity index (χ4n) is 1.12. The summed E-state index contributed by atoms with van der Waals surface area (Å²) in [7, 11) is 0. The van der Waals surface area contributed by atoms with Gasteiger partial charge in [-0.3, -0.25) is 4.98 Å². The predicted molar refractivity (Wildman–Crippen MR) is 68.7 cm³/mol. The maximum atomic E-state index is 4.25. The van der Waals surface area contributed by atoms with Crippen molar-refractivity contribution in [3.05, 3.63) is 34.6 Å². The van der Waals surface area contributed by atoms with Crippen LogP contribution in [0.5, 0.6) is 0 Å². The molecule has 0 bridgehead atoms. The Balaban J connectivity index is 2.29. The molecule has 1 heterocycles. The first kappa shape index (κ1) is 12.4. The summed E-state index contributed by atoms with van der Waals surface area (Å²) in [6.07, 6.45) is 5.93. The molecule has 1 N–H and O–H groups in total. The van der Waals surface area contributed by atoms with Crippen LogP contribution in [0.4, 0.5) is 0 Å². The zero-order valence-corrected chi connectivity index (χ0v) is 10.8. The van der Waals surface area contributed by atoms with Gasteiger partial charge in [0.05, 0.1) is 5.69 Å². The van der Waals surface area contributed by atoms with Crippen molar-refractivity contribution in [3.8, 4) is 0 Å². The number of rotatable bonds is 5. The van der Waals surface area contributed by atoms with Gasteiger partial charge in [0.1, 0.15) is 0 Å². The predicted octanol–water partition coefficient (Wildman–Crippen LogP) is 3.10. The first-order valence-corrected chi connectivity index (χ1v) is 5.96. The minimum Gasteiger partial charge on any atom is -0.313 e. The normalized spacial score (nSPS) is 11.5. The van der Waals surface area contributed by atoms with Crippen molar-refractivity contribution in [1.29, 1.82) is 0 Å². The Labute approximate surface area is 99.9 Å². The molecule has 0 fully saturated rings. The summed E-state index contributed by atoms with van der Waals surface area (Å²) in [4.78, 5) is 4.25. The van der Waals surface area contributed by atoms with E-state index in [0.29, 0.717) is 5.92 Å². The van der Waals surface area contributed by atoms with Crippen LogP contribution < -0.4 is 5.32 Å². The van der Waals surface area contributed by atoms with Gasteiger partial charge in [0.2, 0.25) is 0 Å². The molecule has 2 nitrogen and oxygen atoms in total. The summed E-state index contributed by atoms with van der Waals surface area (Å²) in [6.45, 7) is 6.36. The summed E-state index contributed by atoms with van der Waals surface area (Å²) in [5.41, 5.74) is 0.990.